The van der Waals surface area contributed by atoms with Gasteiger partial charge in [0.05, 0.1) is 26.4 Å². The van der Waals surface area contributed by atoms with Crippen molar-refractivity contribution >= 4 is 95.7 Å². The lowest BCUT2D eigenvalue weighted by Gasteiger charge is -2.14. The van der Waals surface area contributed by atoms with Gasteiger partial charge in [0.25, 0.3) is 20.2 Å². The Morgan fingerprint density at radius 3 is 1.85 bits per heavy atom. The van der Waals surface area contributed by atoms with E-state index in [0.717, 1.165) is 0 Å². The van der Waals surface area contributed by atoms with Gasteiger partial charge in [0.2, 0.25) is 0 Å². The number of H-pyrrole nitrogens is 2. The van der Waals surface area contributed by atoms with Crippen LogP contribution in [0.1, 0.15) is 0 Å². The van der Waals surface area contributed by atoms with Crippen LogP contribution in [0, 0.1) is 0 Å². The fraction of sp³-hybridized carbons (Fsp3) is 0. The summed E-state index contributed by atoms with van der Waals surface area (Å²) in [5, 5.41) is 0.318. The molecule has 5 rings (SSSR count). The number of benzene rings is 3. The Hall–Kier alpha value is -2.62. The molecule has 0 aliphatic carbocycles. The molecule has 174 valence electrons. The highest BCUT2D eigenvalue weighted by molar-refractivity contribution is 9.13. The molecule has 0 aliphatic heterocycles. The fourth-order valence-corrected chi connectivity index (χ4v) is 7.88. The zero-order valence-corrected chi connectivity index (χ0v) is 21.2. The Morgan fingerprint density at radius 2 is 1.24 bits per heavy atom. The topological polar surface area (TPSA) is 174 Å². The van der Waals surface area contributed by atoms with Gasteiger partial charge < -0.3 is 9.97 Å². The number of rotatable bonds is 2. The molecular formula is C20H10Br2N2O8S2. The van der Waals surface area contributed by atoms with Gasteiger partial charge in [-0.05, 0) is 56.1 Å². The van der Waals surface area contributed by atoms with Crippen LogP contribution >= 0.6 is 31.9 Å². The van der Waals surface area contributed by atoms with E-state index in [0.29, 0.717) is 16.4 Å². The van der Waals surface area contributed by atoms with Crippen LogP contribution in [0.4, 0.5) is 0 Å². The summed E-state index contributed by atoms with van der Waals surface area (Å²) in [4.78, 5) is 29.8. The first-order valence-corrected chi connectivity index (χ1v) is 13.7. The number of pyridine rings is 2. The van der Waals surface area contributed by atoms with Gasteiger partial charge in [0, 0.05) is 26.1 Å². The van der Waals surface area contributed by atoms with E-state index in [2.05, 4.69) is 41.8 Å². The summed E-state index contributed by atoms with van der Waals surface area (Å²) >= 11 is 5.97. The molecule has 2 aromatic heterocycles. The number of halogens is 2. The highest BCUT2D eigenvalue weighted by atomic mass is 79.9. The lowest BCUT2D eigenvalue weighted by molar-refractivity contribution is 0.467. The molecule has 2 heterocycles. The summed E-state index contributed by atoms with van der Waals surface area (Å²) in [6.07, 6.45) is 0. The molecule has 0 bridgehead atoms. The molecule has 0 spiro atoms. The summed E-state index contributed by atoms with van der Waals surface area (Å²) in [6.45, 7) is 0. The lowest BCUT2D eigenvalue weighted by atomic mass is 10.1. The Bertz CT molecular complexity index is 2080. The number of nitrogens with one attached hydrogen (secondary N) is 2. The van der Waals surface area contributed by atoms with Gasteiger partial charge in [-0.15, -0.1) is 0 Å². The maximum absolute atomic E-state index is 13.4. The van der Waals surface area contributed by atoms with E-state index in [1.807, 2.05) is 0 Å². The summed E-state index contributed by atoms with van der Waals surface area (Å²) in [7, 11) is -10.5. The van der Waals surface area contributed by atoms with Gasteiger partial charge in [-0.3, -0.25) is 18.7 Å². The molecule has 14 heteroatoms. The van der Waals surface area contributed by atoms with Crippen LogP contribution in [0.15, 0.2) is 64.7 Å². The highest BCUT2D eigenvalue weighted by Gasteiger charge is 2.33. The second-order valence-electron chi connectivity index (χ2n) is 7.38. The summed E-state index contributed by atoms with van der Waals surface area (Å²) in [5.74, 6) is 0. The van der Waals surface area contributed by atoms with Crippen molar-refractivity contribution < 1.29 is 25.9 Å². The van der Waals surface area contributed by atoms with Crippen LogP contribution < -0.4 is 10.9 Å². The average molecular weight is 630 g/mol. The number of hydrogen-bond acceptors (Lipinski definition) is 6. The summed E-state index contributed by atoms with van der Waals surface area (Å²) in [5.41, 5.74) is -0.741. The van der Waals surface area contributed by atoms with Gasteiger partial charge in [-0.2, -0.15) is 16.8 Å². The first kappa shape index (κ1) is 23.1. The van der Waals surface area contributed by atoms with Crippen molar-refractivity contribution in [2.24, 2.45) is 0 Å². The third kappa shape index (κ3) is 3.32. The monoisotopic (exact) mass is 628 g/mol. The zero-order valence-electron chi connectivity index (χ0n) is 16.4. The van der Waals surface area contributed by atoms with Crippen LogP contribution in [0.3, 0.4) is 0 Å². The molecule has 3 aromatic carbocycles. The Balaban J connectivity index is 2.10. The van der Waals surface area contributed by atoms with Crippen molar-refractivity contribution in [3.05, 3.63) is 65.8 Å². The first-order valence-electron chi connectivity index (χ1n) is 9.21. The third-order valence-electron chi connectivity index (χ3n) is 5.39. The van der Waals surface area contributed by atoms with Gasteiger partial charge in [0.1, 0.15) is 9.79 Å². The van der Waals surface area contributed by atoms with Crippen LogP contribution in [-0.4, -0.2) is 35.9 Å². The van der Waals surface area contributed by atoms with Crippen molar-refractivity contribution in [3.63, 3.8) is 0 Å². The molecule has 5 aromatic rings. The van der Waals surface area contributed by atoms with E-state index in [4.69, 9.17) is 0 Å². The predicted molar refractivity (Wildman–Crippen MR) is 133 cm³/mol. The van der Waals surface area contributed by atoms with Crippen LogP contribution in [-0.2, 0) is 20.2 Å². The normalized spacial score (nSPS) is 12.8. The van der Waals surface area contributed by atoms with E-state index >= 15 is 0 Å². The summed E-state index contributed by atoms with van der Waals surface area (Å²) in [6, 6.07) is 9.49. The van der Waals surface area contributed by atoms with E-state index in [-0.39, 0.29) is 31.6 Å². The van der Waals surface area contributed by atoms with Crippen molar-refractivity contribution in [2.45, 2.75) is 9.79 Å². The van der Waals surface area contributed by atoms with Gasteiger partial charge in [-0.25, -0.2) is 0 Å². The molecule has 0 saturated heterocycles. The first-order chi connectivity index (χ1) is 15.8. The van der Waals surface area contributed by atoms with Crippen LogP contribution in [0.5, 0.6) is 0 Å². The average Bonchev–Trinajstić information content (AvgIpc) is 2.74. The second-order valence-corrected chi connectivity index (χ2v) is 11.7. The largest absolute Gasteiger partial charge is 0.354 e. The van der Waals surface area contributed by atoms with Crippen molar-refractivity contribution in [2.75, 3.05) is 0 Å². The molecule has 0 fully saturated rings. The SMILES string of the molecule is O=c1c2ccccc2[nH]c2cc3c(=O)c4c(Br)c(Br)c(S(=O)(=O)O)c(S(=O)(=O)O)c4[nH]c3cc12. The lowest BCUT2D eigenvalue weighted by Crippen LogP contribution is -2.15. The molecule has 0 saturated carbocycles. The molecule has 0 radical (unpaired) electrons. The van der Waals surface area contributed by atoms with Crippen molar-refractivity contribution in [1.29, 1.82) is 0 Å². The van der Waals surface area contributed by atoms with E-state index in [1.165, 1.54) is 12.1 Å². The van der Waals surface area contributed by atoms with E-state index in [9.17, 15) is 35.5 Å². The predicted octanol–water partition coefficient (Wildman–Crippen LogP) is 3.69. The Labute approximate surface area is 206 Å². The van der Waals surface area contributed by atoms with Gasteiger partial charge in [-0.1, -0.05) is 12.1 Å². The second kappa shape index (κ2) is 7.44. The Morgan fingerprint density at radius 1 is 0.676 bits per heavy atom. The minimum absolute atomic E-state index is 0.00573. The molecule has 34 heavy (non-hydrogen) atoms. The quantitative estimate of drug-likeness (QED) is 0.169. The van der Waals surface area contributed by atoms with E-state index in [1.54, 1.807) is 24.3 Å². The van der Waals surface area contributed by atoms with Crippen LogP contribution in [0.2, 0.25) is 0 Å². The zero-order chi connectivity index (χ0) is 24.7. The fourth-order valence-electron chi connectivity index (χ4n) is 3.99. The smallest absolute Gasteiger partial charge is 0.298 e. The molecule has 0 unspecified atom stereocenters. The van der Waals surface area contributed by atoms with Crippen LogP contribution in [0.25, 0.3) is 43.6 Å². The third-order valence-corrected chi connectivity index (χ3v) is 9.74. The number of para-hydroxylation sites is 1. The summed E-state index contributed by atoms with van der Waals surface area (Å²) < 4.78 is 67.3. The number of hydrogen-bond donors (Lipinski definition) is 4. The Kier molecular flexibility index (Phi) is 5.06. The number of aromatic nitrogens is 2. The maximum atomic E-state index is 13.4. The molecule has 0 aliphatic rings. The molecule has 4 N–H and O–H groups in total. The molecular weight excluding hydrogens is 620 g/mol. The highest BCUT2D eigenvalue weighted by Crippen LogP contribution is 2.41. The maximum Gasteiger partial charge on any atom is 0.298 e. The minimum Gasteiger partial charge on any atom is -0.354 e. The molecule has 0 atom stereocenters. The van der Waals surface area contributed by atoms with Gasteiger partial charge >= 0.3 is 0 Å². The minimum atomic E-state index is -5.28. The number of fused-ring (bicyclic) bond motifs is 4. The molecule has 0 amide bonds. The van der Waals surface area contributed by atoms with E-state index < -0.39 is 45.4 Å². The van der Waals surface area contributed by atoms with Gasteiger partial charge in [0.15, 0.2) is 10.9 Å². The standard InChI is InChI=1S/C20H10Br2N2O8S2/c21-14-13-16(20(34(30,31)32)19(15(14)22)33(27,28)29)24-12-5-8-11(6-9(12)18(13)26)23-10-4-2-1-3-7(10)17(8)25/h1-6H,(H,23,25)(H,24,26)(H,27,28,29)(H,30,31,32). The van der Waals surface area contributed by atoms with Crippen molar-refractivity contribution in [1.82, 2.24) is 9.97 Å². The number of aromatic amines is 2. The van der Waals surface area contributed by atoms with Crippen molar-refractivity contribution in [3.8, 4) is 0 Å². The molecule has 10 nitrogen and oxygen atoms in total.